The Morgan fingerprint density at radius 2 is 1.82 bits per heavy atom. The van der Waals surface area contributed by atoms with Crippen LogP contribution in [-0.2, 0) is 26.3 Å². The van der Waals surface area contributed by atoms with Gasteiger partial charge in [-0.15, -0.1) is 0 Å². The Hall–Kier alpha value is -2.45. The minimum atomic E-state index is -1.40. The van der Waals surface area contributed by atoms with Crippen LogP contribution in [0.5, 0.6) is 0 Å². The maximum atomic E-state index is 15.3. The van der Waals surface area contributed by atoms with E-state index in [9.17, 15) is 9.59 Å². The van der Waals surface area contributed by atoms with Crippen LogP contribution in [0.2, 0.25) is 0 Å². The lowest BCUT2D eigenvalue weighted by Gasteiger charge is -2.51. The fourth-order valence-corrected chi connectivity index (χ4v) is 6.70. The Balaban J connectivity index is 1.55. The van der Waals surface area contributed by atoms with E-state index in [0.717, 1.165) is 18.9 Å². The summed E-state index contributed by atoms with van der Waals surface area (Å²) in [5.41, 5.74) is 4.67. The third-order valence-electron chi connectivity index (χ3n) is 6.96. The van der Waals surface area contributed by atoms with E-state index in [1.165, 1.54) is 18.6 Å². The summed E-state index contributed by atoms with van der Waals surface area (Å²) in [6, 6.07) is 12.7. The number of carbonyl (C=O) groups is 2. The summed E-state index contributed by atoms with van der Waals surface area (Å²) in [5, 5.41) is 0.261. The summed E-state index contributed by atoms with van der Waals surface area (Å²) in [4.78, 5) is 23.7. The van der Waals surface area contributed by atoms with Crippen molar-refractivity contribution < 1.29 is 23.1 Å². The van der Waals surface area contributed by atoms with Gasteiger partial charge in [-0.25, -0.2) is 13.1 Å². The van der Waals surface area contributed by atoms with Crippen LogP contribution in [0, 0.1) is 11.6 Å². The Labute approximate surface area is 203 Å². The van der Waals surface area contributed by atoms with Crippen LogP contribution in [0.15, 0.2) is 42.5 Å². The lowest BCUT2D eigenvalue weighted by Crippen LogP contribution is -2.61. The number of nitrogens with zero attached hydrogens (tertiary/aromatic N) is 1. The molecule has 0 spiro atoms. The molecule has 2 N–H and O–H groups in total. The van der Waals surface area contributed by atoms with Crippen molar-refractivity contribution in [2.45, 2.75) is 75.3 Å². The molecule has 1 saturated carbocycles. The van der Waals surface area contributed by atoms with E-state index in [1.807, 2.05) is 18.2 Å². The zero-order valence-corrected chi connectivity index (χ0v) is 20.5. The molecule has 0 radical (unpaired) electrons. The van der Waals surface area contributed by atoms with Crippen molar-refractivity contribution in [2.75, 3.05) is 0 Å². The van der Waals surface area contributed by atoms with Gasteiger partial charge in [0.2, 0.25) is 5.91 Å². The van der Waals surface area contributed by atoms with Gasteiger partial charge >= 0.3 is 5.97 Å². The van der Waals surface area contributed by atoms with Gasteiger partial charge in [-0.2, -0.15) is 0 Å². The first-order valence-corrected chi connectivity index (χ1v) is 12.3. The lowest BCUT2D eigenvalue weighted by molar-refractivity contribution is -0.177. The number of benzene rings is 2. The van der Waals surface area contributed by atoms with Crippen LogP contribution >= 0.6 is 11.9 Å². The molecule has 2 aromatic rings. The number of amides is 1. The van der Waals surface area contributed by atoms with Gasteiger partial charge < -0.3 is 10.5 Å². The molecule has 0 aromatic heterocycles. The maximum Gasteiger partial charge on any atom is 0.303 e. The second kappa shape index (κ2) is 9.30. The average Bonchev–Trinajstić information content (AvgIpc) is 2.75. The quantitative estimate of drug-likeness (QED) is 0.448. The Morgan fingerprint density at radius 1 is 1.15 bits per heavy atom. The molecule has 1 amide bonds. The molecule has 182 valence electrons. The van der Waals surface area contributed by atoms with Crippen LogP contribution in [-0.4, -0.2) is 27.8 Å². The van der Waals surface area contributed by atoms with Crippen LogP contribution in [0.4, 0.5) is 8.78 Å². The molecule has 1 aliphatic carbocycles. The molecule has 2 aliphatic rings. The number of hydrogen-bond acceptors (Lipinski definition) is 5. The second-order valence-corrected chi connectivity index (χ2v) is 11.0. The molecule has 1 unspecified atom stereocenters. The standard InChI is InChI=1S/C26H30F2N2O3S/c1-16-9-10-23(18-7-5-4-6-8-18)34-30(16)13-19-11-22(28)20(12-21(19)27)26(24(29)32)14-25(3,15-26)33-17(2)31/h4-8,11-12,16,23H,9-10,13-15H2,1-3H3,(H2,29,32)/t16-,23?,25?,26?/m0/s1. The highest BCUT2D eigenvalue weighted by Gasteiger charge is 2.60. The number of esters is 1. The highest BCUT2D eigenvalue weighted by Crippen LogP contribution is 2.53. The number of hydrogen-bond donors (Lipinski definition) is 1. The first-order chi connectivity index (χ1) is 16.0. The van der Waals surface area contributed by atoms with E-state index >= 15 is 8.78 Å². The molecule has 5 nitrogen and oxygen atoms in total. The summed E-state index contributed by atoms with van der Waals surface area (Å²) in [5.74, 6) is -2.50. The van der Waals surface area contributed by atoms with E-state index in [2.05, 4.69) is 23.4 Å². The molecule has 1 aliphatic heterocycles. The second-order valence-electron chi connectivity index (χ2n) is 9.77. The lowest BCUT2D eigenvalue weighted by atomic mass is 9.56. The number of carbonyl (C=O) groups excluding carboxylic acids is 2. The van der Waals surface area contributed by atoms with Crippen molar-refractivity contribution in [1.29, 1.82) is 0 Å². The zero-order chi connectivity index (χ0) is 24.7. The van der Waals surface area contributed by atoms with Crippen molar-refractivity contribution in [3.8, 4) is 0 Å². The highest BCUT2D eigenvalue weighted by molar-refractivity contribution is 7.97. The SMILES string of the molecule is CC(=O)OC1(C)CC(C(N)=O)(c2cc(F)c(CN3SC(c4ccccc4)CC[C@@H]3C)cc2F)C1. The van der Waals surface area contributed by atoms with Gasteiger partial charge in [0.1, 0.15) is 17.2 Å². The number of ether oxygens (including phenoxy) is 1. The molecular formula is C26H30F2N2O3S. The van der Waals surface area contributed by atoms with E-state index in [4.69, 9.17) is 10.5 Å². The molecule has 34 heavy (non-hydrogen) atoms. The predicted octanol–water partition coefficient (Wildman–Crippen LogP) is 5.18. The predicted molar refractivity (Wildman–Crippen MR) is 128 cm³/mol. The van der Waals surface area contributed by atoms with E-state index in [1.54, 1.807) is 18.9 Å². The van der Waals surface area contributed by atoms with Crippen molar-refractivity contribution in [1.82, 2.24) is 4.31 Å². The van der Waals surface area contributed by atoms with Gasteiger partial charge in [0.25, 0.3) is 0 Å². The minimum absolute atomic E-state index is 0.0163. The van der Waals surface area contributed by atoms with Crippen molar-refractivity contribution in [2.24, 2.45) is 5.73 Å². The Kier molecular flexibility index (Phi) is 6.75. The monoisotopic (exact) mass is 488 g/mol. The molecule has 2 atom stereocenters. The molecule has 2 aromatic carbocycles. The smallest absolute Gasteiger partial charge is 0.303 e. The first kappa shape index (κ1) is 24.7. The number of nitrogens with two attached hydrogens (primary N) is 1. The highest BCUT2D eigenvalue weighted by atomic mass is 32.2. The van der Waals surface area contributed by atoms with Crippen LogP contribution in [0.3, 0.4) is 0 Å². The third-order valence-corrected chi connectivity index (χ3v) is 8.49. The molecule has 0 bridgehead atoms. The molecule has 4 rings (SSSR count). The number of primary amides is 1. The largest absolute Gasteiger partial charge is 0.459 e. The van der Waals surface area contributed by atoms with Crippen molar-refractivity contribution in [3.63, 3.8) is 0 Å². The summed E-state index contributed by atoms with van der Waals surface area (Å²) < 4.78 is 37.9. The number of halogens is 2. The third kappa shape index (κ3) is 4.70. The summed E-state index contributed by atoms with van der Waals surface area (Å²) in [6.07, 6.45) is 2.00. The fourth-order valence-electron chi connectivity index (χ4n) is 5.33. The molecular weight excluding hydrogens is 458 g/mol. The molecule has 1 saturated heterocycles. The van der Waals surface area contributed by atoms with Gasteiger partial charge in [-0.1, -0.05) is 42.3 Å². The fraction of sp³-hybridized carbons (Fsp3) is 0.462. The van der Waals surface area contributed by atoms with Gasteiger partial charge in [0.15, 0.2) is 0 Å². The normalized spacial score (nSPS) is 29.3. The average molecular weight is 489 g/mol. The van der Waals surface area contributed by atoms with Gasteiger partial charge in [0.05, 0.1) is 5.41 Å². The van der Waals surface area contributed by atoms with E-state index in [-0.39, 0.29) is 41.8 Å². The van der Waals surface area contributed by atoms with E-state index in [0.29, 0.717) is 0 Å². The van der Waals surface area contributed by atoms with Crippen LogP contribution < -0.4 is 5.73 Å². The summed E-state index contributed by atoms with van der Waals surface area (Å²) in [7, 11) is 0. The first-order valence-electron chi connectivity index (χ1n) is 11.5. The van der Waals surface area contributed by atoms with E-state index < -0.39 is 34.5 Å². The number of rotatable bonds is 6. The Bertz CT molecular complexity index is 1090. The van der Waals surface area contributed by atoms with Crippen LogP contribution in [0.25, 0.3) is 0 Å². The Morgan fingerprint density at radius 3 is 2.44 bits per heavy atom. The maximum absolute atomic E-state index is 15.3. The molecule has 8 heteroatoms. The molecule has 2 fully saturated rings. The van der Waals surface area contributed by atoms with Crippen molar-refractivity contribution >= 4 is 23.8 Å². The molecule has 1 heterocycles. The summed E-state index contributed by atoms with van der Waals surface area (Å²) >= 11 is 1.66. The topological polar surface area (TPSA) is 72.6 Å². The van der Waals surface area contributed by atoms with Crippen molar-refractivity contribution in [3.05, 3.63) is 70.8 Å². The zero-order valence-electron chi connectivity index (χ0n) is 19.6. The van der Waals surface area contributed by atoms with Gasteiger partial charge in [-0.3, -0.25) is 9.59 Å². The summed E-state index contributed by atoms with van der Waals surface area (Å²) in [6.45, 7) is 5.26. The van der Waals surface area contributed by atoms with Gasteiger partial charge in [-0.05, 0) is 44.4 Å². The minimum Gasteiger partial charge on any atom is -0.459 e. The van der Waals surface area contributed by atoms with Gasteiger partial charge in [0, 0.05) is 48.7 Å². The van der Waals surface area contributed by atoms with Crippen LogP contribution in [0.1, 0.15) is 68.4 Å².